The fraction of sp³-hybridized carbons (Fsp3) is 0.0417. The average molecular weight is 558 g/mol. The number of non-ortho nitro benzene ring substituents is 1. The van der Waals surface area contributed by atoms with Crippen LogP contribution in [0, 0.1) is 10.1 Å². The van der Waals surface area contributed by atoms with Crippen LogP contribution in [0.15, 0.2) is 77.2 Å². The van der Waals surface area contributed by atoms with Crippen LogP contribution in [0.3, 0.4) is 0 Å². The zero-order valence-corrected chi connectivity index (χ0v) is 20.9. The van der Waals surface area contributed by atoms with E-state index in [4.69, 9.17) is 20.5 Å². The summed E-state index contributed by atoms with van der Waals surface area (Å²) in [6, 6.07) is 13.5. The van der Waals surface area contributed by atoms with Crippen LogP contribution in [0.1, 0.15) is 5.56 Å². The summed E-state index contributed by atoms with van der Waals surface area (Å²) >= 11 is 6.28. The third-order valence-electron chi connectivity index (χ3n) is 5.19. The molecule has 1 N–H and O–H groups in total. The third-order valence-corrected chi connectivity index (χ3v) is 6.70. The number of amides is 4. The van der Waals surface area contributed by atoms with Gasteiger partial charge in [-0.1, -0.05) is 35.9 Å². The Bertz CT molecular complexity index is 1620. The highest BCUT2D eigenvalue weighted by Gasteiger charge is 2.37. The van der Waals surface area contributed by atoms with Crippen LogP contribution in [0.25, 0.3) is 6.08 Å². The normalized spacial score (nSPS) is 14.8. The summed E-state index contributed by atoms with van der Waals surface area (Å²) in [6.45, 7) is 0. The predicted octanol–water partition coefficient (Wildman–Crippen LogP) is 3.69. The number of rotatable bonds is 7. The molecule has 0 aromatic heterocycles. The fourth-order valence-corrected chi connectivity index (χ4v) is 4.73. The van der Waals surface area contributed by atoms with E-state index in [9.17, 15) is 32.9 Å². The number of halogens is 1. The number of urea groups is 1. The molecule has 1 fully saturated rings. The van der Waals surface area contributed by atoms with Gasteiger partial charge in [-0.05, 0) is 42.0 Å². The van der Waals surface area contributed by atoms with E-state index in [-0.39, 0.29) is 38.4 Å². The SMILES string of the molecule is COc1cc(/C=C2\C(=O)NC(=O)N(c3cccc([N+](=O)[O-])c3)C2=O)cc(Cl)c1OS(=O)(=O)c1ccccc1. The van der Waals surface area contributed by atoms with Gasteiger partial charge < -0.3 is 8.92 Å². The molecule has 0 atom stereocenters. The Balaban J connectivity index is 1.71. The van der Waals surface area contributed by atoms with Crippen molar-refractivity contribution in [3.8, 4) is 11.5 Å². The van der Waals surface area contributed by atoms with Gasteiger partial charge in [-0.25, -0.2) is 9.69 Å². The van der Waals surface area contributed by atoms with E-state index in [0.717, 1.165) is 12.1 Å². The van der Waals surface area contributed by atoms with E-state index in [0.29, 0.717) is 4.90 Å². The molecule has 1 aliphatic heterocycles. The number of nitro benzene ring substituents is 1. The molecule has 1 heterocycles. The largest absolute Gasteiger partial charge is 0.493 e. The highest BCUT2D eigenvalue weighted by atomic mass is 35.5. The van der Waals surface area contributed by atoms with Crippen molar-refractivity contribution < 1.29 is 36.6 Å². The first-order chi connectivity index (χ1) is 18.0. The highest BCUT2D eigenvalue weighted by Crippen LogP contribution is 2.39. The summed E-state index contributed by atoms with van der Waals surface area (Å²) < 4.78 is 35.7. The quantitative estimate of drug-likeness (QED) is 0.150. The second-order valence-electron chi connectivity index (χ2n) is 7.62. The van der Waals surface area contributed by atoms with Crippen LogP contribution in [-0.2, 0) is 19.7 Å². The van der Waals surface area contributed by atoms with Gasteiger partial charge in [-0.15, -0.1) is 0 Å². The van der Waals surface area contributed by atoms with Crippen LogP contribution in [-0.4, -0.2) is 38.3 Å². The summed E-state index contributed by atoms with van der Waals surface area (Å²) in [7, 11) is -3.04. The average Bonchev–Trinajstić information content (AvgIpc) is 2.88. The number of benzene rings is 3. The molecule has 0 radical (unpaired) electrons. The fourth-order valence-electron chi connectivity index (χ4n) is 3.45. The van der Waals surface area contributed by atoms with Gasteiger partial charge in [0.1, 0.15) is 10.5 Å². The van der Waals surface area contributed by atoms with Gasteiger partial charge in [-0.2, -0.15) is 8.42 Å². The topological polar surface area (TPSA) is 162 Å². The monoisotopic (exact) mass is 557 g/mol. The smallest absolute Gasteiger partial charge is 0.339 e. The van der Waals surface area contributed by atoms with Gasteiger partial charge in [-0.3, -0.25) is 25.0 Å². The molecule has 1 saturated heterocycles. The first kappa shape index (κ1) is 26.3. The summed E-state index contributed by atoms with van der Waals surface area (Å²) in [6.07, 6.45) is 1.10. The summed E-state index contributed by atoms with van der Waals surface area (Å²) in [5, 5.41) is 12.9. The number of imide groups is 2. The number of ether oxygens (including phenoxy) is 1. The van der Waals surface area contributed by atoms with Crippen molar-refractivity contribution in [2.75, 3.05) is 12.0 Å². The molecule has 0 saturated carbocycles. The molecule has 4 amide bonds. The number of anilines is 1. The molecule has 0 aliphatic carbocycles. The zero-order valence-electron chi connectivity index (χ0n) is 19.3. The van der Waals surface area contributed by atoms with Crippen molar-refractivity contribution in [1.82, 2.24) is 5.32 Å². The first-order valence-electron chi connectivity index (χ1n) is 10.5. The number of nitro groups is 1. The molecule has 12 nitrogen and oxygen atoms in total. The Morgan fingerprint density at radius 3 is 2.39 bits per heavy atom. The number of hydrogen-bond donors (Lipinski definition) is 1. The lowest BCUT2D eigenvalue weighted by atomic mass is 10.1. The number of carbonyl (C=O) groups is 3. The second-order valence-corrected chi connectivity index (χ2v) is 9.57. The Hall–Kier alpha value is -4.75. The molecule has 0 bridgehead atoms. The number of methoxy groups -OCH3 is 1. The van der Waals surface area contributed by atoms with E-state index in [1.165, 1.54) is 61.7 Å². The Kier molecular flexibility index (Phi) is 7.15. The minimum Gasteiger partial charge on any atom is -0.493 e. The van der Waals surface area contributed by atoms with Crippen molar-refractivity contribution in [2.45, 2.75) is 4.90 Å². The van der Waals surface area contributed by atoms with Gasteiger partial charge in [0.2, 0.25) is 5.75 Å². The zero-order chi connectivity index (χ0) is 27.6. The molecule has 3 aromatic rings. The summed E-state index contributed by atoms with van der Waals surface area (Å²) in [5.41, 5.74) is -0.878. The van der Waals surface area contributed by atoms with Gasteiger partial charge >= 0.3 is 16.1 Å². The van der Waals surface area contributed by atoms with Crippen LogP contribution in [0.2, 0.25) is 5.02 Å². The maximum absolute atomic E-state index is 13.1. The molecule has 0 unspecified atom stereocenters. The molecule has 38 heavy (non-hydrogen) atoms. The van der Waals surface area contributed by atoms with Crippen LogP contribution < -0.4 is 19.1 Å². The van der Waals surface area contributed by atoms with Gasteiger partial charge in [0.05, 0.1) is 22.7 Å². The van der Waals surface area contributed by atoms with E-state index in [1.807, 2.05) is 5.32 Å². The number of hydrogen-bond acceptors (Lipinski definition) is 9. The third kappa shape index (κ3) is 5.19. The Labute approximate surface area is 220 Å². The number of nitrogens with one attached hydrogen (secondary N) is 1. The predicted molar refractivity (Wildman–Crippen MR) is 134 cm³/mol. The van der Waals surface area contributed by atoms with Crippen molar-refractivity contribution in [1.29, 1.82) is 0 Å². The Morgan fingerprint density at radius 1 is 1.03 bits per heavy atom. The summed E-state index contributed by atoms with van der Waals surface area (Å²) in [5.74, 6) is -2.53. The maximum atomic E-state index is 13.1. The molecule has 1 aliphatic rings. The van der Waals surface area contributed by atoms with Crippen LogP contribution >= 0.6 is 11.6 Å². The van der Waals surface area contributed by atoms with Gasteiger partial charge in [0, 0.05) is 12.1 Å². The van der Waals surface area contributed by atoms with Crippen molar-refractivity contribution in [3.63, 3.8) is 0 Å². The molecular formula is C24H16ClN3O9S. The van der Waals surface area contributed by atoms with Gasteiger partial charge in [0.25, 0.3) is 17.5 Å². The molecule has 3 aromatic carbocycles. The molecule has 4 rings (SSSR count). The van der Waals surface area contributed by atoms with Gasteiger partial charge in [0.15, 0.2) is 5.75 Å². The number of barbiturate groups is 1. The van der Waals surface area contributed by atoms with Crippen molar-refractivity contribution in [3.05, 3.63) is 93.0 Å². The van der Waals surface area contributed by atoms with E-state index in [2.05, 4.69) is 0 Å². The van der Waals surface area contributed by atoms with E-state index >= 15 is 0 Å². The first-order valence-corrected chi connectivity index (χ1v) is 12.3. The number of nitrogens with zero attached hydrogens (tertiary/aromatic N) is 2. The maximum Gasteiger partial charge on any atom is 0.339 e. The molecule has 0 spiro atoms. The lowest BCUT2D eigenvalue weighted by molar-refractivity contribution is -0.384. The molecular weight excluding hydrogens is 542 g/mol. The lowest BCUT2D eigenvalue weighted by Gasteiger charge is -2.26. The Morgan fingerprint density at radius 2 is 1.74 bits per heavy atom. The minimum absolute atomic E-state index is 0.125. The lowest BCUT2D eigenvalue weighted by Crippen LogP contribution is -2.54. The van der Waals surface area contributed by atoms with Crippen LogP contribution in [0.4, 0.5) is 16.2 Å². The number of carbonyl (C=O) groups excluding carboxylic acids is 3. The van der Waals surface area contributed by atoms with E-state index in [1.54, 1.807) is 6.07 Å². The van der Waals surface area contributed by atoms with Crippen molar-refractivity contribution >= 4 is 57.0 Å². The van der Waals surface area contributed by atoms with E-state index < -0.39 is 38.5 Å². The van der Waals surface area contributed by atoms with Crippen LogP contribution in [0.5, 0.6) is 11.5 Å². The highest BCUT2D eigenvalue weighted by molar-refractivity contribution is 7.87. The minimum atomic E-state index is -4.27. The van der Waals surface area contributed by atoms with Crippen molar-refractivity contribution in [2.24, 2.45) is 0 Å². The second kappa shape index (κ2) is 10.3. The standard InChI is InChI=1S/C24H16ClN3O9S/c1-36-20-12-14(11-19(25)21(20)37-38(34,35)17-8-3-2-4-9-17)10-18-22(29)26-24(31)27(23(18)30)15-6-5-7-16(13-15)28(32)33/h2-13H,1H3,(H,26,29,31)/b18-10+. The summed E-state index contributed by atoms with van der Waals surface area (Å²) in [4.78, 5) is 48.9. The molecule has 194 valence electrons. The molecule has 14 heteroatoms.